The molecule has 0 aliphatic heterocycles. The maximum absolute atomic E-state index is 12.8. The van der Waals surface area contributed by atoms with Gasteiger partial charge in [-0.25, -0.2) is 9.78 Å². The Morgan fingerprint density at radius 3 is 2.09 bits per heavy atom. The summed E-state index contributed by atoms with van der Waals surface area (Å²) < 4.78 is 38.4. The number of amides is 3. The smallest absolute Gasteiger partial charge is 0.292 e. The second kappa shape index (κ2) is 9.18. The van der Waals surface area contributed by atoms with Crippen molar-refractivity contribution < 1.29 is 22.8 Å². The van der Waals surface area contributed by atoms with Crippen molar-refractivity contribution in [2.24, 2.45) is 0 Å². The first-order valence-electron chi connectivity index (χ1n) is 9.19. The fourth-order valence-corrected chi connectivity index (χ4v) is 3.75. The monoisotopic (exact) mass is 481 g/mol. The van der Waals surface area contributed by atoms with Crippen LogP contribution in [0.15, 0.2) is 48.5 Å². The van der Waals surface area contributed by atoms with E-state index in [9.17, 15) is 22.8 Å². The Balaban J connectivity index is 1.78. The van der Waals surface area contributed by atoms with Crippen molar-refractivity contribution >= 4 is 41.0 Å². The Bertz CT molecular complexity index is 1150. The van der Waals surface area contributed by atoms with Gasteiger partial charge in [-0.05, 0) is 55.3 Å². The third kappa shape index (κ3) is 5.20. The third-order valence-corrected chi connectivity index (χ3v) is 5.19. The van der Waals surface area contributed by atoms with E-state index in [0.29, 0.717) is 22.4 Å². The molecule has 1 aromatic heterocycles. The standard InChI is InChI=1S/C22H16Cl2F3N3O2/c1-11-10-17(29-21(32)30-20(31)19-15(23)4-3-5-16(19)24)28-12(2)18(11)13-6-8-14(9-7-13)22(25,26)27/h3-10H,1-2H3,(H2,28,29,30,31,32). The van der Waals surface area contributed by atoms with Crippen molar-refractivity contribution in [2.75, 3.05) is 5.32 Å². The van der Waals surface area contributed by atoms with Gasteiger partial charge in [0.2, 0.25) is 0 Å². The number of alkyl halides is 3. The van der Waals surface area contributed by atoms with Gasteiger partial charge in [0.15, 0.2) is 0 Å². The molecule has 0 spiro atoms. The van der Waals surface area contributed by atoms with Crippen molar-refractivity contribution in [2.45, 2.75) is 20.0 Å². The molecule has 0 saturated carbocycles. The molecule has 166 valence electrons. The molecule has 0 aliphatic carbocycles. The van der Waals surface area contributed by atoms with Crippen molar-refractivity contribution in [3.05, 3.63) is 81.0 Å². The maximum Gasteiger partial charge on any atom is 0.416 e. The summed E-state index contributed by atoms with van der Waals surface area (Å²) in [5, 5.41) is 4.76. The van der Waals surface area contributed by atoms with Crippen molar-refractivity contribution in [3.8, 4) is 11.1 Å². The van der Waals surface area contributed by atoms with E-state index in [-0.39, 0.29) is 21.4 Å². The second-order valence-corrected chi connectivity index (χ2v) is 7.68. The number of hydrogen-bond donors (Lipinski definition) is 2. The molecule has 10 heteroatoms. The lowest BCUT2D eigenvalue weighted by atomic mass is 9.98. The highest BCUT2D eigenvalue weighted by Gasteiger charge is 2.30. The van der Waals surface area contributed by atoms with Crippen LogP contribution in [0.4, 0.5) is 23.8 Å². The van der Waals surface area contributed by atoms with E-state index in [4.69, 9.17) is 23.2 Å². The fraction of sp³-hybridized carbons (Fsp3) is 0.136. The number of halogens is 5. The minimum Gasteiger partial charge on any atom is -0.292 e. The number of benzene rings is 2. The topological polar surface area (TPSA) is 71.1 Å². The largest absolute Gasteiger partial charge is 0.416 e. The van der Waals surface area contributed by atoms with Crippen molar-refractivity contribution in [1.82, 2.24) is 10.3 Å². The first kappa shape index (κ1) is 23.6. The summed E-state index contributed by atoms with van der Waals surface area (Å²) in [6.45, 7) is 3.40. The summed E-state index contributed by atoms with van der Waals surface area (Å²) in [4.78, 5) is 28.8. The van der Waals surface area contributed by atoms with Crippen LogP contribution >= 0.6 is 23.2 Å². The molecule has 5 nitrogen and oxygen atoms in total. The van der Waals surface area contributed by atoms with E-state index in [1.807, 2.05) is 0 Å². The predicted octanol–water partition coefficient (Wildman–Crippen LogP) is 6.65. The minimum atomic E-state index is -4.42. The van der Waals surface area contributed by atoms with Gasteiger partial charge in [-0.1, -0.05) is 41.4 Å². The summed E-state index contributed by atoms with van der Waals surface area (Å²) in [6.07, 6.45) is -4.42. The first-order valence-corrected chi connectivity index (χ1v) is 9.95. The summed E-state index contributed by atoms with van der Waals surface area (Å²) in [6, 6.07) is 9.93. The molecular weight excluding hydrogens is 466 g/mol. The Hall–Kier alpha value is -3.10. The second-order valence-electron chi connectivity index (χ2n) is 6.86. The zero-order valence-corrected chi connectivity index (χ0v) is 18.3. The van der Waals surface area contributed by atoms with Crippen LogP contribution in [0.2, 0.25) is 10.0 Å². The Kier molecular flexibility index (Phi) is 6.76. The van der Waals surface area contributed by atoms with Crippen LogP contribution in [0, 0.1) is 13.8 Å². The number of nitrogens with one attached hydrogen (secondary N) is 2. The van der Waals surface area contributed by atoms with E-state index < -0.39 is 23.7 Å². The van der Waals surface area contributed by atoms with Gasteiger partial charge in [0, 0.05) is 11.3 Å². The summed E-state index contributed by atoms with van der Waals surface area (Å²) in [5.41, 5.74) is 1.57. The number of aryl methyl sites for hydroxylation is 2. The molecule has 0 saturated heterocycles. The van der Waals surface area contributed by atoms with Crippen LogP contribution in [0.5, 0.6) is 0 Å². The van der Waals surface area contributed by atoms with Gasteiger partial charge in [-0.15, -0.1) is 0 Å². The number of nitrogens with zero attached hydrogens (tertiary/aromatic N) is 1. The van der Waals surface area contributed by atoms with Crippen LogP contribution in [-0.2, 0) is 6.18 Å². The van der Waals surface area contributed by atoms with Gasteiger partial charge in [-0.2, -0.15) is 13.2 Å². The van der Waals surface area contributed by atoms with Gasteiger partial charge in [0.25, 0.3) is 5.91 Å². The predicted molar refractivity (Wildman–Crippen MR) is 117 cm³/mol. The van der Waals surface area contributed by atoms with Gasteiger partial charge < -0.3 is 0 Å². The number of anilines is 1. The summed E-state index contributed by atoms with van der Waals surface area (Å²) in [5.74, 6) is -0.626. The average molecular weight is 482 g/mol. The molecule has 3 rings (SSSR count). The van der Waals surface area contributed by atoms with Crippen LogP contribution in [0.1, 0.15) is 27.2 Å². The molecule has 2 aromatic carbocycles. The highest BCUT2D eigenvalue weighted by Crippen LogP contribution is 2.33. The molecule has 32 heavy (non-hydrogen) atoms. The molecule has 2 N–H and O–H groups in total. The molecule has 3 aromatic rings. The van der Waals surface area contributed by atoms with Gasteiger partial charge >= 0.3 is 12.2 Å². The van der Waals surface area contributed by atoms with Crippen LogP contribution in [-0.4, -0.2) is 16.9 Å². The quantitative estimate of drug-likeness (QED) is 0.439. The van der Waals surface area contributed by atoms with Crippen molar-refractivity contribution in [1.29, 1.82) is 0 Å². The van der Waals surface area contributed by atoms with E-state index in [1.165, 1.54) is 24.3 Å². The molecule has 1 heterocycles. The number of urea groups is 1. The number of aromatic nitrogens is 1. The van der Waals surface area contributed by atoms with Crippen LogP contribution in [0.3, 0.4) is 0 Å². The molecular formula is C22H16Cl2F3N3O2. The Morgan fingerprint density at radius 1 is 0.969 bits per heavy atom. The lowest BCUT2D eigenvalue weighted by Gasteiger charge is -2.14. The van der Waals surface area contributed by atoms with Gasteiger partial charge in [0.1, 0.15) is 5.82 Å². The number of pyridine rings is 1. The zero-order valence-electron chi connectivity index (χ0n) is 16.8. The normalized spacial score (nSPS) is 11.2. The Labute approximate surface area is 191 Å². The molecule has 0 fully saturated rings. The number of carbonyl (C=O) groups excluding carboxylic acids is 2. The van der Waals surface area contributed by atoms with E-state index in [0.717, 1.165) is 12.1 Å². The molecule has 0 bridgehead atoms. The van der Waals surface area contributed by atoms with E-state index >= 15 is 0 Å². The number of imide groups is 1. The average Bonchev–Trinajstić information content (AvgIpc) is 2.67. The van der Waals surface area contributed by atoms with E-state index in [1.54, 1.807) is 26.0 Å². The van der Waals surface area contributed by atoms with Gasteiger partial charge in [0.05, 0.1) is 21.2 Å². The minimum absolute atomic E-state index is 0.0380. The third-order valence-electron chi connectivity index (χ3n) is 4.56. The molecule has 0 atom stereocenters. The number of hydrogen-bond acceptors (Lipinski definition) is 3. The zero-order chi connectivity index (χ0) is 23.6. The fourth-order valence-electron chi connectivity index (χ4n) is 3.19. The van der Waals surface area contributed by atoms with Crippen LogP contribution in [0.25, 0.3) is 11.1 Å². The highest BCUT2D eigenvalue weighted by molar-refractivity contribution is 6.40. The number of rotatable bonds is 3. The molecule has 0 unspecified atom stereocenters. The Morgan fingerprint density at radius 2 is 1.56 bits per heavy atom. The lowest BCUT2D eigenvalue weighted by Crippen LogP contribution is -2.35. The molecule has 3 amide bonds. The lowest BCUT2D eigenvalue weighted by molar-refractivity contribution is -0.137. The molecule has 0 aliphatic rings. The van der Waals surface area contributed by atoms with Crippen molar-refractivity contribution in [3.63, 3.8) is 0 Å². The number of carbonyl (C=O) groups is 2. The summed E-state index contributed by atoms with van der Waals surface area (Å²) >= 11 is 11.9. The van der Waals surface area contributed by atoms with E-state index in [2.05, 4.69) is 15.6 Å². The maximum atomic E-state index is 12.8. The van der Waals surface area contributed by atoms with Crippen LogP contribution < -0.4 is 10.6 Å². The first-order chi connectivity index (χ1) is 15.0. The molecule has 0 radical (unpaired) electrons. The SMILES string of the molecule is Cc1cc(NC(=O)NC(=O)c2c(Cl)cccc2Cl)nc(C)c1-c1ccc(C(F)(F)F)cc1. The van der Waals surface area contributed by atoms with Gasteiger partial charge in [-0.3, -0.25) is 15.4 Å². The summed E-state index contributed by atoms with van der Waals surface area (Å²) in [7, 11) is 0. The highest BCUT2D eigenvalue weighted by atomic mass is 35.5.